The Hall–Kier alpha value is -6.04. The molecule has 40 nitrogen and oxygen atoms in total. The van der Waals surface area contributed by atoms with Gasteiger partial charge in [-0.05, 0) is 81.0 Å². The Balaban J connectivity index is 1.16. The van der Waals surface area contributed by atoms with E-state index in [1.165, 1.54) is 19.9 Å². The van der Waals surface area contributed by atoms with E-state index in [4.69, 9.17) is 66.6 Å². The lowest BCUT2D eigenvalue weighted by atomic mass is 9.96. The van der Waals surface area contributed by atoms with Gasteiger partial charge in [-0.1, -0.05) is 25.0 Å². The summed E-state index contributed by atoms with van der Waals surface area (Å²) in [6.07, 6.45) is -26.9. The van der Waals surface area contributed by atoms with Gasteiger partial charge in [-0.3, -0.25) is 28.5 Å². The first-order chi connectivity index (χ1) is 49.9. The molecule has 3 fully saturated rings. The summed E-state index contributed by atoms with van der Waals surface area (Å²) in [5, 5.41) is 158. The van der Waals surface area contributed by atoms with E-state index < -0.39 is 225 Å². The molecule has 105 heavy (non-hydrogen) atoms. The lowest BCUT2D eigenvalue weighted by molar-refractivity contribution is -0.335. The molecule has 3 aliphatic heterocycles. The topological polar surface area (TPSA) is 606 Å². The number of benzene rings is 2. The van der Waals surface area contributed by atoms with Crippen LogP contribution in [0.1, 0.15) is 76.6 Å². The lowest BCUT2D eigenvalue weighted by Crippen LogP contribution is -2.66. The number of aliphatic hydroxyl groups excluding tert-OH is 14. The summed E-state index contributed by atoms with van der Waals surface area (Å²) in [5.41, 5.74) is 1.14. The molecule has 3 saturated heterocycles. The van der Waals surface area contributed by atoms with Crippen LogP contribution in [0.15, 0.2) is 54.0 Å². The van der Waals surface area contributed by atoms with Gasteiger partial charge in [0.25, 0.3) is 17.7 Å². The minimum absolute atomic E-state index is 0.0340. The number of carbonyl (C=O) groups excluding carboxylic acids is 5. The first-order valence-electron chi connectivity index (χ1n) is 33.8. The molecule has 598 valence electrons. The molecule has 0 radical (unpaired) electrons. The van der Waals surface area contributed by atoms with Gasteiger partial charge in [-0.25, -0.2) is 4.57 Å². The normalized spacial score (nSPS) is 26.6. The fourth-order valence-electron chi connectivity index (χ4n) is 10.7. The van der Waals surface area contributed by atoms with Crippen molar-refractivity contribution in [3.8, 4) is 22.6 Å². The van der Waals surface area contributed by atoms with E-state index in [0.717, 1.165) is 13.8 Å². The molecule has 20 atom stereocenters. The minimum atomic E-state index is -4.61. The Labute approximate surface area is 603 Å². The van der Waals surface area contributed by atoms with Gasteiger partial charge in [0.1, 0.15) is 103 Å². The summed E-state index contributed by atoms with van der Waals surface area (Å²) in [5.74, 6) is -3.94. The van der Waals surface area contributed by atoms with Crippen LogP contribution in [0.2, 0.25) is 0 Å². The smallest absolute Gasteiger partial charge is 0.469 e. The monoisotopic (exact) mass is 1530 g/mol. The Morgan fingerprint density at radius 1 is 0.571 bits per heavy atom. The zero-order valence-corrected chi connectivity index (χ0v) is 59.2. The molecule has 21 N–H and O–H groups in total. The molecule has 41 heteroatoms. The molecule has 18 unspecified atom stereocenters. The van der Waals surface area contributed by atoms with Crippen LogP contribution in [0.4, 0.5) is 0 Å². The van der Waals surface area contributed by atoms with Crippen LogP contribution >= 0.6 is 7.82 Å². The Bertz CT molecular complexity index is 3020. The fraction of sp³-hybridized carbons (Fsp3) is 0.703. The number of phosphoric acid groups is 1. The number of aliphatic hydroxyl groups is 14. The third-order valence-electron chi connectivity index (χ3n) is 16.2. The van der Waals surface area contributed by atoms with Crippen molar-refractivity contribution in [3.63, 3.8) is 0 Å². The number of phosphoric ester groups is 1. The summed E-state index contributed by atoms with van der Waals surface area (Å²) in [7, 11) is -4.61. The number of allylic oxidation sites excluding steroid dienone is 1. The molecule has 3 heterocycles. The zero-order chi connectivity index (χ0) is 77.5. The number of amides is 5. The third-order valence-corrected chi connectivity index (χ3v) is 16.7. The van der Waals surface area contributed by atoms with Crippen LogP contribution in [-0.2, 0) is 75.6 Å². The average Bonchev–Trinajstić information content (AvgIpc) is 0.801. The number of carbonyl (C=O) groups is 5. The van der Waals surface area contributed by atoms with E-state index in [0.29, 0.717) is 36.8 Å². The molecule has 2 aromatic rings. The van der Waals surface area contributed by atoms with E-state index in [1.807, 2.05) is 0 Å². The predicted octanol–water partition coefficient (Wildman–Crippen LogP) is -5.56. The Kier molecular flexibility index (Phi) is 39.0. The fourth-order valence-corrected chi connectivity index (χ4v) is 11.1. The lowest BCUT2D eigenvalue weighted by Gasteiger charge is -2.45. The van der Waals surface area contributed by atoms with Crippen LogP contribution in [-0.4, -0.2) is 333 Å². The van der Waals surface area contributed by atoms with Crippen molar-refractivity contribution in [1.29, 1.82) is 0 Å². The molecule has 0 spiro atoms. The van der Waals surface area contributed by atoms with Crippen molar-refractivity contribution in [2.45, 2.75) is 189 Å². The van der Waals surface area contributed by atoms with Gasteiger partial charge in [-0.2, -0.15) is 0 Å². The number of unbranched alkanes of at least 4 members (excludes halogenated alkanes) is 3. The minimum Gasteiger partial charge on any atom is -0.509 e. The van der Waals surface area contributed by atoms with Gasteiger partial charge in [-0.15, -0.1) is 0 Å². The SMILES string of the molecule is CC(=O)NC1C(OCCCNC(=O)COc2ccc(-c3cc(OCC(=O)NCCCOC4OC(CO)C(OC(OC(CO)[C@@H](C)O)[C@@H](O)COC5OC(CO)C(O)C(O)C5O)C(O)C4NC(C)=O)cc(C(=O)NCCCCCCOP(=O)(O)O)c3)cc2)OC(CO)C(OC(OCCO)/C(O)=C(/C)O)C1O. The molecule has 5 rings (SSSR count). The zero-order valence-electron chi connectivity index (χ0n) is 58.3. The Morgan fingerprint density at radius 2 is 1.10 bits per heavy atom. The predicted molar refractivity (Wildman–Crippen MR) is 355 cm³/mol. The van der Waals surface area contributed by atoms with E-state index in [9.17, 15) is 100 Å². The second-order valence-electron chi connectivity index (χ2n) is 24.5. The van der Waals surface area contributed by atoms with Crippen molar-refractivity contribution in [1.82, 2.24) is 26.6 Å². The van der Waals surface area contributed by atoms with Crippen LogP contribution in [0.5, 0.6) is 11.5 Å². The van der Waals surface area contributed by atoms with Crippen LogP contribution < -0.4 is 36.1 Å². The van der Waals surface area contributed by atoms with E-state index in [-0.39, 0.29) is 76.0 Å². The van der Waals surface area contributed by atoms with Crippen LogP contribution in [0, 0.1) is 0 Å². The second-order valence-corrected chi connectivity index (χ2v) is 25.8. The highest BCUT2D eigenvalue weighted by Crippen LogP contribution is 2.36. The molecular weight excluding hydrogens is 1430 g/mol. The maximum atomic E-state index is 13.6. The summed E-state index contributed by atoms with van der Waals surface area (Å²) < 4.78 is 83.9. The maximum Gasteiger partial charge on any atom is 0.469 e. The van der Waals surface area contributed by atoms with Gasteiger partial charge in [0, 0.05) is 39.0 Å². The molecule has 0 aliphatic carbocycles. The van der Waals surface area contributed by atoms with Gasteiger partial charge < -0.3 is 165 Å². The molecule has 0 aromatic heterocycles. The highest BCUT2D eigenvalue weighted by molar-refractivity contribution is 7.46. The highest BCUT2D eigenvalue weighted by atomic mass is 31.2. The van der Waals surface area contributed by atoms with Gasteiger partial charge in [0.05, 0.1) is 72.2 Å². The van der Waals surface area contributed by atoms with Crippen LogP contribution in [0.25, 0.3) is 11.1 Å². The highest BCUT2D eigenvalue weighted by Gasteiger charge is 2.51. The number of hydrogen-bond donors (Lipinski definition) is 21. The maximum absolute atomic E-state index is 13.6. The summed E-state index contributed by atoms with van der Waals surface area (Å²) in [6.45, 7) is -1.43. The molecule has 0 saturated carbocycles. The summed E-state index contributed by atoms with van der Waals surface area (Å²) in [4.78, 5) is 82.3. The summed E-state index contributed by atoms with van der Waals surface area (Å²) >= 11 is 0. The largest absolute Gasteiger partial charge is 0.509 e. The van der Waals surface area contributed by atoms with Crippen molar-refractivity contribution in [2.24, 2.45) is 0 Å². The number of rotatable bonds is 47. The van der Waals surface area contributed by atoms with Gasteiger partial charge in [0.15, 0.2) is 44.1 Å². The van der Waals surface area contributed by atoms with Gasteiger partial charge >= 0.3 is 7.82 Å². The van der Waals surface area contributed by atoms with E-state index >= 15 is 0 Å². The van der Waals surface area contributed by atoms with Crippen molar-refractivity contribution >= 4 is 37.4 Å². The van der Waals surface area contributed by atoms with Gasteiger partial charge in [0.2, 0.25) is 18.1 Å². The first kappa shape index (κ1) is 89.6. The molecule has 5 amide bonds. The first-order valence-corrected chi connectivity index (χ1v) is 35.3. The molecular formula is C64H102N5O35P. The number of hydrogen-bond acceptors (Lipinski definition) is 33. The van der Waals surface area contributed by atoms with Crippen molar-refractivity contribution in [2.75, 3.05) is 98.9 Å². The second kappa shape index (κ2) is 45.7. The molecule has 2 aromatic carbocycles. The van der Waals surface area contributed by atoms with Crippen molar-refractivity contribution < 1.29 is 171 Å². The summed E-state index contributed by atoms with van der Waals surface area (Å²) in [6, 6.07) is 8.23. The Morgan fingerprint density at radius 3 is 1.62 bits per heavy atom. The van der Waals surface area contributed by atoms with E-state index in [1.54, 1.807) is 36.4 Å². The quantitative estimate of drug-likeness (QED) is 0.0127. The third kappa shape index (κ3) is 29.5. The molecule has 3 aliphatic rings. The van der Waals surface area contributed by atoms with E-state index in [2.05, 4.69) is 31.1 Å². The number of nitrogens with one attached hydrogen (secondary N) is 5. The number of ether oxygens (including phenoxy) is 12. The average molecular weight is 1530 g/mol. The molecule has 0 bridgehead atoms. The van der Waals surface area contributed by atoms with Crippen molar-refractivity contribution in [3.05, 3.63) is 59.5 Å². The van der Waals surface area contributed by atoms with Crippen LogP contribution in [0.3, 0.4) is 0 Å². The standard InChI is InChI=1S/C64H102N5O35P/c1-33(75)43(26-71)99-60(42(79)30-97-64-56(87)55(86)52(83)44(27-72)100-64)103-57-45(28-73)101-61(49(53(57)84)68-35(3)77)92-20-10-17-66-48(81)32-96-41-24-38(23-39(25-41)59(88)67-15-7-5-6-8-21-98-105(89,90)91)37-11-13-40(14-12-37)95-31-47(80)65-16-9-19-93-62-50(69-36(4)78)54(85)58(46(29-74)102-62)104-63(94-22-18-70)51(82)34(2)76/h11-14,23-25,33,42-46,49-50,52-58,60-64,70-76,79,82-87H,5-10,15-22,26-32H2,1-4H3,(H,65,80)(H,66,81)(H,67,88)(H,68,77)(H,69,78)(H2,89,90,91)/b51-34+/t33-,42+,43?,44?,45?,46?,49?,50?,52?,53?,54?,55?,56?,57?,58?,60?,61?,62?,63?,64?/m1/s1.